The molecule has 1 aromatic rings. The Morgan fingerprint density at radius 2 is 2.00 bits per heavy atom. The van der Waals surface area contributed by atoms with E-state index in [-0.39, 0.29) is 17.0 Å². The van der Waals surface area contributed by atoms with Crippen molar-refractivity contribution >= 4 is 29.1 Å². The summed E-state index contributed by atoms with van der Waals surface area (Å²) in [6, 6.07) is 4.36. The van der Waals surface area contributed by atoms with Gasteiger partial charge in [0.25, 0.3) is 5.91 Å². The Hall–Kier alpha value is -0.930. The van der Waals surface area contributed by atoms with Crippen molar-refractivity contribution in [1.82, 2.24) is 5.32 Å². The number of phenols is 1. The minimum atomic E-state index is -0.242. The van der Waals surface area contributed by atoms with Gasteiger partial charge in [0.2, 0.25) is 0 Å². The zero-order valence-corrected chi connectivity index (χ0v) is 12.0. The molecule has 0 aromatic heterocycles. The number of nitrogens with one attached hydrogen (secondary N) is 1. The lowest BCUT2D eigenvalue weighted by Crippen LogP contribution is -2.31. The van der Waals surface area contributed by atoms with Crippen LogP contribution in [0.25, 0.3) is 0 Å². The lowest BCUT2D eigenvalue weighted by atomic mass is 9.89. The Morgan fingerprint density at radius 1 is 1.32 bits per heavy atom. The minimum Gasteiger partial charge on any atom is -0.508 e. The smallest absolute Gasteiger partial charge is 0.252 e. The predicted molar refractivity (Wildman–Crippen MR) is 77.0 cm³/mol. The normalized spacial score (nSPS) is 23.1. The van der Waals surface area contributed by atoms with Gasteiger partial charge >= 0.3 is 0 Å². The molecule has 1 aliphatic carbocycles. The summed E-state index contributed by atoms with van der Waals surface area (Å²) in [5, 5.41) is 12.9. The molecule has 1 amide bonds. The molecule has 0 saturated heterocycles. The van der Waals surface area contributed by atoms with E-state index in [0.717, 1.165) is 25.7 Å². The van der Waals surface area contributed by atoms with Crippen LogP contribution in [0.5, 0.6) is 5.75 Å². The van der Waals surface area contributed by atoms with Gasteiger partial charge in [0.15, 0.2) is 0 Å². The molecule has 2 rings (SSSR count). The third-order valence-electron chi connectivity index (χ3n) is 3.52. The molecular weight excluding hydrogens is 285 g/mol. The fourth-order valence-corrected chi connectivity index (χ4v) is 2.80. The van der Waals surface area contributed by atoms with Crippen LogP contribution in [0, 0.1) is 5.92 Å². The minimum absolute atomic E-state index is 0.0391. The molecule has 1 saturated carbocycles. The standard InChI is InChI=1S/C14H17Cl2NO2/c15-10-3-1-9(2-4-10)8-17-14(19)12-7-11(18)5-6-13(12)16/h5-7,9-10,18H,1-4,8H2,(H,17,19). The first kappa shape index (κ1) is 14.5. The SMILES string of the molecule is O=C(NCC1CCC(Cl)CC1)c1cc(O)ccc1Cl. The molecule has 2 N–H and O–H groups in total. The van der Waals surface area contributed by atoms with E-state index in [2.05, 4.69) is 5.32 Å². The summed E-state index contributed by atoms with van der Waals surface area (Å²) in [5.41, 5.74) is 0.313. The van der Waals surface area contributed by atoms with Crippen molar-refractivity contribution < 1.29 is 9.90 Å². The molecule has 0 aliphatic heterocycles. The molecule has 5 heteroatoms. The molecule has 1 aliphatic rings. The van der Waals surface area contributed by atoms with Crippen LogP contribution < -0.4 is 5.32 Å². The van der Waals surface area contributed by atoms with Crippen molar-refractivity contribution in [2.24, 2.45) is 5.92 Å². The van der Waals surface area contributed by atoms with Crippen LogP contribution in [-0.2, 0) is 0 Å². The molecule has 0 bridgehead atoms. The lowest BCUT2D eigenvalue weighted by Gasteiger charge is -2.25. The Kier molecular flexibility index (Phi) is 4.94. The van der Waals surface area contributed by atoms with Crippen LogP contribution in [0.15, 0.2) is 18.2 Å². The molecule has 1 aromatic carbocycles. The number of rotatable bonds is 3. The third-order valence-corrected chi connectivity index (χ3v) is 4.29. The average Bonchev–Trinajstić information content (AvgIpc) is 2.40. The van der Waals surface area contributed by atoms with Gasteiger partial charge in [-0.1, -0.05) is 11.6 Å². The fourth-order valence-electron chi connectivity index (χ4n) is 2.35. The summed E-state index contributed by atoms with van der Waals surface area (Å²) in [6.07, 6.45) is 4.11. The van der Waals surface area contributed by atoms with E-state index in [9.17, 15) is 9.90 Å². The van der Waals surface area contributed by atoms with Crippen molar-refractivity contribution in [2.45, 2.75) is 31.1 Å². The monoisotopic (exact) mass is 301 g/mol. The van der Waals surface area contributed by atoms with Crippen molar-refractivity contribution in [2.75, 3.05) is 6.54 Å². The molecule has 0 atom stereocenters. The van der Waals surface area contributed by atoms with Crippen LogP contribution in [0.2, 0.25) is 5.02 Å². The maximum absolute atomic E-state index is 12.0. The van der Waals surface area contributed by atoms with Gasteiger partial charge in [-0.05, 0) is 49.8 Å². The summed E-state index contributed by atoms with van der Waals surface area (Å²) in [5.74, 6) is 0.279. The Bertz CT molecular complexity index is 457. The summed E-state index contributed by atoms with van der Waals surface area (Å²) in [4.78, 5) is 12.0. The van der Waals surface area contributed by atoms with Crippen LogP contribution >= 0.6 is 23.2 Å². The predicted octanol–water partition coefficient (Wildman–Crippen LogP) is 3.57. The van der Waals surface area contributed by atoms with E-state index in [1.165, 1.54) is 18.2 Å². The van der Waals surface area contributed by atoms with Gasteiger partial charge in [-0.3, -0.25) is 4.79 Å². The Morgan fingerprint density at radius 3 is 2.68 bits per heavy atom. The number of hydrogen-bond acceptors (Lipinski definition) is 2. The van der Waals surface area contributed by atoms with E-state index in [1.54, 1.807) is 0 Å². The van der Waals surface area contributed by atoms with Gasteiger partial charge < -0.3 is 10.4 Å². The molecule has 104 valence electrons. The van der Waals surface area contributed by atoms with E-state index in [4.69, 9.17) is 23.2 Å². The second kappa shape index (κ2) is 6.49. The number of amides is 1. The second-order valence-corrected chi connectivity index (χ2v) is 6.02. The molecule has 0 unspecified atom stereocenters. The first-order chi connectivity index (χ1) is 9.06. The first-order valence-electron chi connectivity index (χ1n) is 6.47. The quantitative estimate of drug-likeness (QED) is 0.839. The molecule has 0 spiro atoms. The number of aromatic hydroxyl groups is 1. The maximum atomic E-state index is 12.0. The number of benzene rings is 1. The van der Waals surface area contributed by atoms with Gasteiger partial charge in [0.1, 0.15) is 5.75 Å². The van der Waals surface area contributed by atoms with Crippen molar-refractivity contribution in [3.63, 3.8) is 0 Å². The topological polar surface area (TPSA) is 49.3 Å². The molecule has 19 heavy (non-hydrogen) atoms. The van der Waals surface area contributed by atoms with Crippen LogP contribution in [-0.4, -0.2) is 22.9 Å². The molecule has 0 radical (unpaired) electrons. The van der Waals surface area contributed by atoms with Crippen molar-refractivity contribution in [3.8, 4) is 5.75 Å². The zero-order chi connectivity index (χ0) is 13.8. The van der Waals surface area contributed by atoms with E-state index in [1.807, 2.05) is 0 Å². The fraction of sp³-hybridized carbons (Fsp3) is 0.500. The summed E-state index contributed by atoms with van der Waals surface area (Å²) in [6.45, 7) is 0.633. The van der Waals surface area contributed by atoms with Crippen LogP contribution in [0.3, 0.4) is 0 Å². The highest BCUT2D eigenvalue weighted by Crippen LogP contribution is 2.27. The first-order valence-corrected chi connectivity index (χ1v) is 7.28. The maximum Gasteiger partial charge on any atom is 0.252 e. The van der Waals surface area contributed by atoms with Crippen molar-refractivity contribution in [3.05, 3.63) is 28.8 Å². The third kappa shape index (κ3) is 4.02. The van der Waals surface area contributed by atoms with E-state index < -0.39 is 0 Å². The van der Waals surface area contributed by atoms with Gasteiger partial charge in [-0.25, -0.2) is 0 Å². The summed E-state index contributed by atoms with van der Waals surface area (Å²) in [7, 11) is 0. The lowest BCUT2D eigenvalue weighted by molar-refractivity contribution is 0.0943. The number of carbonyl (C=O) groups excluding carboxylic acids is 1. The van der Waals surface area contributed by atoms with E-state index >= 15 is 0 Å². The number of phenolic OH excluding ortho intramolecular Hbond substituents is 1. The Balaban J connectivity index is 1.89. The number of hydrogen-bond donors (Lipinski definition) is 2. The van der Waals surface area contributed by atoms with Gasteiger partial charge in [0, 0.05) is 11.9 Å². The highest BCUT2D eigenvalue weighted by molar-refractivity contribution is 6.33. The molecular formula is C14H17Cl2NO2. The highest BCUT2D eigenvalue weighted by atomic mass is 35.5. The second-order valence-electron chi connectivity index (χ2n) is 4.99. The number of halogens is 2. The van der Waals surface area contributed by atoms with E-state index in [0.29, 0.717) is 23.0 Å². The molecule has 1 fully saturated rings. The average molecular weight is 302 g/mol. The Labute approximate surface area is 122 Å². The zero-order valence-electron chi connectivity index (χ0n) is 10.5. The summed E-state index contributed by atoms with van der Waals surface area (Å²) >= 11 is 12.0. The van der Waals surface area contributed by atoms with Crippen molar-refractivity contribution in [1.29, 1.82) is 0 Å². The summed E-state index contributed by atoms with van der Waals surface area (Å²) < 4.78 is 0. The number of alkyl halides is 1. The largest absolute Gasteiger partial charge is 0.508 e. The molecule has 3 nitrogen and oxygen atoms in total. The van der Waals surface area contributed by atoms with Crippen LogP contribution in [0.1, 0.15) is 36.0 Å². The number of carbonyl (C=O) groups is 1. The van der Waals surface area contributed by atoms with Gasteiger partial charge in [0.05, 0.1) is 10.6 Å². The molecule has 0 heterocycles. The van der Waals surface area contributed by atoms with Gasteiger partial charge in [-0.15, -0.1) is 11.6 Å². The highest BCUT2D eigenvalue weighted by Gasteiger charge is 2.20. The van der Waals surface area contributed by atoms with Crippen LogP contribution in [0.4, 0.5) is 0 Å². The van der Waals surface area contributed by atoms with Gasteiger partial charge in [-0.2, -0.15) is 0 Å².